The number of H-pyrrole nitrogens is 1. The van der Waals surface area contributed by atoms with Gasteiger partial charge < -0.3 is 10.1 Å². The maximum atomic E-state index is 12.9. The van der Waals surface area contributed by atoms with Gasteiger partial charge in [-0.3, -0.25) is 4.79 Å². The maximum Gasteiger partial charge on any atom is 0.195 e. The number of pyridine rings is 1. The summed E-state index contributed by atoms with van der Waals surface area (Å²) in [7, 11) is 0. The second kappa shape index (κ2) is 3.73. The Balaban J connectivity index is 2.14. The lowest BCUT2D eigenvalue weighted by atomic mass is 9.71. The van der Waals surface area contributed by atoms with Crippen LogP contribution < -0.4 is 0 Å². The molecule has 4 heteroatoms. The molecule has 2 aromatic heterocycles. The first kappa shape index (κ1) is 12.1. The molecule has 3 aromatic rings. The molecule has 0 bridgehead atoms. The Morgan fingerprint density at radius 3 is 2.86 bits per heavy atom. The second-order valence-electron chi connectivity index (χ2n) is 5.96. The molecule has 0 spiro atoms. The van der Waals surface area contributed by atoms with Crippen LogP contribution >= 0.6 is 0 Å². The monoisotopic (exact) mass is 278 g/mol. The number of nitrogens with zero attached hydrogens (tertiary/aromatic N) is 1. The van der Waals surface area contributed by atoms with Crippen molar-refractivity contribution >= 4 is 16.8 Å². The normalized spacial score (nSPS) is 15.8. The zero-order valence-electron chi connectivity index (χ0n) is 11.8. The van der Waals surface area contributed by atoms with Crippen LogP contribution in [0.3, 0.4) is 0 Å². The third-order valence-electron chi connectivity index (χ3n) is 4.34. The Labute approximate surface area is 121 Å². The average Bonchev–Trinajstić information content (AvgIpc) is 2.86. The first-order valence-electron chi connectivity index (χ1n) is 6.85. The number of phenols is 1. The number of benzene rings is 1. The fourth-order valence-electron chi connectivity index (χ4n) is 3.24. The molecule has 0 aliphatic heterocycles. The number of nitrogens with one attached hydrogen (secondary N) is 1. The van der Waals surface area contributed by atoms with Crippen LogP contribution in [0.15, 0.2) is 36.5 Å². The van der Waals surface area contributed by atoms with Gasteiger partial charge in [-0.15, -0.1) is 0 Å². The van der Waals surface area contributed by atoms with E-state index < -0.39 is 5.41 Å². The lowest BCUT2D eigenvalue weighted by molar-refractivity contribution is 0.103. The first-order valence-corrected chi connectivity index (χ1v) is 6.85. The predicted molar refractivity (Wildman–Crippen MR) is 79.8 cm³/mol. The van der Waals surface area contributed by atoms with Gasteiger partial charge in [-0.1, -0.05) is 13.8 Å². The fraction of sp³-hybridized carbons (Fsp3) is 0.176. The number of aromatic hydroxyl groups is 1. The van der Waals surface area contributed by atoms with E-state index in [2.05, 4.69) is 9.97 Å². The molecule has 21 heavy (non-hydrogen) atoms. The first-order chi connectivity index (χ1) is 10.00. The standard InChI is InChI=1S/C17H14N2O2/c1-17(2)12-8-9(20)5-6-10(12)14(21)13-11-4-3-7-18-16(11)19-15(13)17/h3-8,20H,1-2H3,(H,18,19). The summed E-state index contributed by atoms with van der Waals surface area (Å²) in [4.78, 5) is 20.4. The minimum Gasteiger partial charge on any atom is -0.508 e. The van der Waals surface area contributed by atoms with E-state index in [1.54, 1.807) is 24.4 Å². The van der Waals surface area contributed by atoms with Crippen molar-refractivity contribution in [1.82, 2.24) is 9.97 Å². The number of carbonyl (C=O) groups excluding carboxylic acids is 1. The molecule has 4 nitrogen and oxygen atoms in total. The minimum absolute atomic E-state index is 0.0152. The van der Waals surface area contributed by atoms with Gasteiger partial charge in [-0.25, -0.2) is 4.98 Å². The number of aromatic nitrogens is 2. The van der Waals surface area contributed by atoms with E-state index in [1.807, 2.05) is 26.0 Å². The Morgan fingerprint density at radius 1 is 1.24 bits per heavy atom. The van der Waals surface area contributed by atoms with Crippen LogP contribution in [-0.2, 0) is 5.41 Å². The molecule has 4 rings (SSSR count). The van der Waals surface area contributed by atoms with Crippen molar-refractivity contribution < 1.29 is 9.90 Å². The minimum atomic E-state index is -0.391. The Kier molecular flexibility index (Phi) is 2.15. The molecule has 0 unspecified atom stereocenters. The van der Waals surface area contributed by atoms with Gasteiger partial charge in [0.2, 0.25) is 0 Å². The van der Waals surface area contributed by atoms with Crippen LogP contribution in [0.4, 0.5) is 0 Å². The van der Waals surface area contributed by atoms with Crippen molar-refractivity contribution in [3.05, 3.63) is 58.9 Å². The third-order valence-corrected chi connectivity index (χ3v) is 4.34. The van der Waals surface area contributed by atoms with Gasteiger partial charge in [0, 0.05) is 28.3 Å². The summed E-state index contributed by atoms with van der Waals surface area (Å²) in [5.41, 5.74) is 3.38. The quantitative estimate of drug-likeness (QED) is 0.664. The van der Waals surface area contributed by atoms with E-state index in [4.69, 9.17) is 0 Å². The number of ketones is 1. The van der Waals surface area contributed by atoms with Crippen molar-refractivity contribution in [2.45, 2.75) is 19.3 Å². The smallest absolute Gasteiger partial charge is 0.195 e. The molecule has 2 N–H and O–H groups in total. The third kappa shape index (κ3) is 1.44. The predicted octanol–water partition coefficient (Wildman–Crippen LogP) is 3.14. The molecule has 0 radical (unpaired) electrons. The van der Waals surface area contributed by atoms with E-state index in [0.717, 1.165) is 22.3 Å². The highest BCUT2D eigenvalue weighted by Gasteiger charge is 2.39. The van der Waals surface area contributed by atoms with Crippen LogP contribution in [0.5, 0.6) is 5.75 Å². The Hall–Kier alpha value is -2.62. The topological polar surface area (TPSA) is 66.0 Å². The van der Waals surface area contributed by atoms with Gasteiger partial charge in [0.15, 0.2) is 5.78 Å². The van der Waals surface area contributed by atoms with E-state index in [-0.39, 0.29) is 11.5 Å². The van der Waals surface area contributed by atoms with E-state index in [0.29, 0.717) is 11.1 Å². The lowest BCUT2D eigenvalue weighted by Crippen LogP contribution is -2.30. The highest BCUT2D eigenvalue weighted by Crippen LogP contribution is 2.44. The number of hydrogen-bond acceptors (Lipinski definition) is 3. The summed E-state index contributed by atoms with van der Waals surface area (Å²) in [6.45, 7) is 4.10. The van der Waals surface area contributed by atoms with Gasteiger partial charge in [0.25, 0.3) is 0 Å². The summed E-state index contributed by atoms with van der Waals surface area (Å²) in [6, 6.07) is 8.69. The summed E-state index contributed by atoms with van der Waals surface area (Å²) in [5, 5.41) is 10.6. The van der Waals surface area contributed by atoms with Crippen molar-refractivity contribution in [3.8, 4) is 5.75 Å². The molecule has 1 aliphatic carbocycles. The lowest BCUT2D eigenvalue weighted by Gasteiger charge is -2.32. The maximum absolute atomic E-state index is 12.9. The van der Waals surface area contributed by atoms with Crippen LogP contribution in [0, 0.1) is 0 Å². The molecule has 0 saturated heterocycles. The van der Waals surface area contributed by atoms with Crippen LogP contribution in [0.2, 0.25) is 0 Å². The summed E-state index contributed by atoms with van der Waals surface area (Å²) < 4.78 is 0. The largest absolute Gasteiger partial charge is 0.508 e. The second-order valence-corrected chi connectivity index (χ2v) is 5.96. The van der Waals surface area contributed by atoms with E-state index in [9.17, 15) is 9.90 Å². The van der Waals surface area contributed by atoms with Gasteiger partial charge in [0.1, 0.15) is 11.4 Å². The van der Waals surface area contributed by atoms with Gasteiger partial charge in [0.05, 0.1) is 5.56 Å². The number of hydrogen-bond donors (Lipinski definition) is 2. The zero-order chi connectivity index (χ0) is 14.8. The molecule has 0 fully saturated rings. The molecule has 0 saturated carbocycles. The molecular weight excluding hydrogens is 264 g/mol. The van der Waals surface area contributed by atoms with Crippen molar-refractivity contribution in [2.75, 3.05) is 0 Å². The molecule has 104 valence electrons. The van der Waals surface area contributed by atoms with Crippen LogP contribution in [0.1, 0.15) is 41.0 Å². The molecule has 0 amide bonds. The van der Waals surface area contributed by atoms with E-state index >= 15 is 0 Å². The van der Waals surface area contributed by atoms with Crippen molar-refractivity contribution in [2.24, 2.45) is 0 Å². The SMILES string of the molecule is CC1(C)c2cc(O)ccc2C(=O)c2c1[nH]c1ncccc21. The zero-order valence-corrected chi connectivity index (χ0v) is 11.8. The summed E-state index contributed by atoms with van der Waals surface area (Å²) in [6.07, 6.45) is 1.71. The molecule has 0 atom stereocenters. The summed E-state index contributed by atoms with van der Waals surface area (Å²) >= 11 is 0. The fourth-order valence-corrected chi connectivity index (χ4v) is 3.24. The highest BCUT2D eigenvalue weighted by atomic mass is 16.3. The highest BCUT2D eigenvalue weighted by molar-refractivity contribution is 6.19. The Bertz CT molecular complexity index is 906. The van der Waals surface area contributed by atoms with Gasteiger partial charge in [-0.05, 0) is 35.9 Å². The number of carbonyl (C=O) groups is 1. The van der Waals surface area contributed by atoms with E-state index in [1.165, 1.54) is 0 Å². The number of rotatable bonds is 0. The molecule has 2 heterocycles. The average molecular weight is 278 g/mol. The van der Waals surface area contributed by atoms with Crippen LogP contribution in [0.25, 0.3) is 11.0 Å². The molecular formula is C17H14N2O2. The summed E-state index contributed by atoms with van der Waals surface area (Å²) in [5.74, 6) is 0.158. The van der Waals surface area contributed by atoms with Gasteiger partial charge >= 0.3 is 0 Å². The van der Waals surface area contributed by atoms with Crippen molar-refractivity contribution in [1.29, 1.82) is 0 Å². The molecule has 1 aromatic carbocycles. The van der Waals surface area contributed by atoms with Crippen LogP contribution in [-0.4, -0.2) is 20.9 Å². The van der Waals surface area contributed by atoms with Crippen molar-refractivity contribution in [3.63, 3.8) is 0 Å². The number of fused-ring (bicyclic) bond motifs is 4. The van der Waals surface area contributed by atoms with Gasteiger partial charge in [-0.2, -0.15) is 0 Å². The number of phenolic OH excluding ortho intramolecular Hbond substituents is 1. The molecule has 1 aliphatic rings. The Morgan fingerprint density at radius 2 is 2.05 bits per heavy atom. The number of aromatic amines is 1.